The summed E-state index contributed by atoms with van der Waals surface area (Å²) in [5.41, 5.74) is -0.153. The molecule has 2 aromatic carbocycles. The Balaban J connectivity index is 2.52. The van der Waals surface area contributed by atoms with E-state index in [0.717, 1.165) is 36.4 Å². The van der Waals surface area contributed by atoms with E-state index in [1.54, 1.807) is 0 Å². The maximum absolute atomic E-state index is 13.3. The largest absolute Gasteiger partial charge is 0.478 e. The molecule has 21 heavy (non-hydrogen) atoms. The van der Waals surface area contributed by atoms with E-state index in [2.05, 4.69) is 0 Å². The average molecular weight is 292 g/mol. The average Bonchev–Trinajstić information content (AvgIpc) is 2.38. The second kappa shape index (κ2) is 5.70. The second-order valence-electron chi connectivity index (χ2n) is 4.39. The summed E-state index contributed by atoms with van der Waals surface area (Å²) >= 11 is 0. The molecule has 6 heteroatoms. The molecule has 0 aliphatic rings. The summed E-state index contributed by atoms with van der Waals surface area (Å²) in [4.78, 5) is 22.2. The van der Waals surface area contributed by atoms with Crippen molar-refractivity contribution in [2.45, 2.75) is 6.42 Å². The van der Waals surface area contributed by atoms with Crippen LogP contribution in [0.4, 0.5) is 8.78 Å². The van der Waals surface area contributed by atoms with Gasteiger partial charge in [0.1, 0.15) is 11.6 Å². The fraction of sp³-hybridized carbons (Fsp3) is 0.0667. The Hall–Kier alpha value is -2.76. The number of carbonyl (C=O) groups is 2. The van der Waals surface area contributed by atoms with Crippen LogP contribution in [0.1, 0.15) is 31.8 Å². The molecular formula is C15H10F2O4. The third kappa shape index (κ3) is 3.22. The van der Waals surface area contributed by atoms with Gasteiger partial charge < -0.3 is 10.2 Å². The van der Waals surface area contributed by atoms with E-state index >= 15 is 0 Å². The van der Waals surface area contributed by atoms with Gasteiger partial charge in [0, 0.05) is 0 Å². The number of carboxylic acids is 2. The standard InChI is InChI=1S/C15H10F2O4/c16-10-1-3-12(14(18)19)8(6-10)5-9-7-11(17)2-4-13(9)15(20)21/h1-4,6-7H,5H2,(H,18,19)(H,20,21). The Bertz CT molecular complexity index is 664. The van der Waals surface area contributed by atoms with Crippen molar-refractivity contribution < 1.29 is 28.6 Å². The molecule has 2 aromatic rings. The highest BCUT2D eigenvalue weighted by Gasteiger charge is 2.16. The lowest BCUT2D eigenvalue weighted by Crippen LogP contribution is -2.08. The summed E-state index contributed by atoms with van der Waals surface area (Å²) in [7, 11) is 0. The van der Waals surface area contributed by atoms with Crippen molar-refractivity contribution in [1.29, 1.82) is 0 Å². The van der Waals surface area contributed by atoms with E-state index in [9.17, 15) is 18.4 Å². The first-order chi connectivity index (χ1) is 9.88. The molecule has 0 amide bonds. The topological polar surface area (TPSA) is 74.6 Å². The molecule has 0 heterocycles. The van der Waals surface area contributed by atoms with Crippen LogP contribution in [0.3, 0.4) is 0 Å². The molecule has 2 rings (SSSR count). The lowest BCUT2D eigenvalue weighted by molar-refractivity contribution is 0.0686. The van der Waals surface area contributed by atoms with Crippen molar-refractivity contribution in [3.8, 4) is 0 Å². The van der Waals surface area contributed by atoms with Crippen LogP contribution in [0.25, 0.3) is 0 Å². The fourth-order valence-electron chi connectivity index (χ4n) is 2.04. The second-order valence-corrected chi connectivity index (χ2v) is 4.39. The Morgan fingerprint density at radius 3 is 1.52 bits per heavy atom. The van der Waals surface area contributed by atoms with Gasteiger partial charge in [0.25, 0.3) is 0 Å². The van der Waals surface area contributed by atoms with Crippen molar-refractivity contribution >= 4 is 11.9 Å². The van der Waals surface area contributed by atoms with Crippen molar-refractivity contribution in [2.24, 2.45) is 0 Å². The minimum absolute atomic E-state index is 0.0793. The third-order valence-electron chi connectivity index (χ3n) is 2.98. The Morgan fingerprint density at radius 2 is 1.19 bits per heavy atom. The summed E-state index contributed by atoms with van der Waals surface area (Å²) in [5, 5.41) is 18.1. The van der Waals surface area contributed by atoms with E-state index < -0.39 is 23.6 Å². The van der Waals surface area contributed by atoms with Gasteiger partial charge in [-0.2, -0.15) is 0 Å². The predicted molar refractivity (Wildman–Crippen MR) is 69.5 cm³/mol. The predicted octanol–water partition coefficient (Wildman–Crippen LogP) is 2.95. The number of hydrogen-bond donors (Lipinski definition) is 2. The van der Waals surface area contributed by atoms with Crippen LogP contribution in [0, 0.1) is 11.6 Å². The minimum atomic E-state index is -1.27. The van der Waals surface area contributed by atoms with Crippen molar-refractivity contribution in [1.82, 2.24) is 0 Å². The summed E-state index contributed by atoms with van der Waals surface area (Å²) in [5.74, 6) is -3.83. The Morgan fingerprint density at radius 1 is 0.810 bits per heavy atom. The maximum atomic E-state index is 13.3. The minimum Gasteiger partial charge on any atom is -0.478 e. The first-order valence-corrected chi connectivity index (χ1v) is 5.92. The molecule has 0 aliphatic carbocycles. The van der Waals surface area contributed by atoms with Gasteiger partial charge in [0.05, 0.1) is 11.1 Å². The fourth-order valence-corrected chi connectivity index (χ4v) is 2.04. The molecule has 4 nitrogen and oxygen atoms in total. The maximum Gasteiger partial charge on any atom is 0.335 e. The van der Waals surface area contributed by atoms with Gasteiger partial charge in [0.2, 0.25) is 0 Å². The monoisotopic (exact) mass is 292 g/mol. The van der Waals surface area contributed by atoms with Crippen LogP contribution >= 0.6 is 0 Å². The van der Waals surface area contributed by atoms with Crippen molar-refractivity contribution in [3.63, 3.8) is 0 Å². The van der Waals surface area contributed by atoms with Gasteiger partial charge in [-0.25, -0.2) is 18.4 Å². The van der Waals surface area contributed by atoms with E-state index in [1.807, 2.05) is 0 Å². The van der Waals surface area contributed by atoms with Gasteiger partial charge in [0.15, 0.2) is 0 Å². The van der Waals surface area contributed by atoms with Crippen LogP contribution in [0.2, 0.25) is 0 Å². The zero-order chi connectivity index (χ0) is 15.6. The van der Waals surface area contributed by atoms with Gasteiger partial charge in [-0.05, 0) is 53.9 Å². The van der Waals surface area contributed by atoms with Crippen LogP contribution in [-0.2, 0) is 6.42 Å². The van der Waals surface area contributed by atoms with E-state index in [0.29, 0.717) is 0 Å². The molecule has 0 bridgehead atoms. The molecule has 0 fully saturated rings. The smallest absolute Gasteiger partial charge is 0.335 e. The summed E-state index contributed by atoms with van der Waals surface area (Å²) in [6, 6.07) is 6.17. The highest BCUT2D eigenvalue weighted by Crippen LogP contribution is 2.20. The van der Waals surface area contributed by atoms with E-state index in [4.69, 9.17) is 10.2 Å². The third-order valence-corrected chi connectivity index (χ3v) is 2.98. The molecule has 0 aromatic heterocycles. The quantitative estimate of drug-likeness (QED) is 0.908. The molecule has 0 saturated heterocycles. The number of halogens is 2. The highest BCUT2D eigenvalue weighted by atomic mass is 19.1. The molecular weight excluding hydrogens is 282 g/mol. The van der Waals surface area contributed by atoms with Crippen molar-refractivity contribution in [2.75, 3.05) is 0 Å². The number of hydrogen-bond acceptors (Lipinski definition) is 2. The zero-order valence-electron chi connectivity index (χ0n) is 10.6. The molecule has 0 atom stereocenters. The summed E-state index contributed by atoms with van der Waals surface area (Å²) < 4.78 is 26.5. The molecule has 108 valence electrons. The highest BCUT2D eigenvalue weighted by molar-refractivity contribution is 5.91. The molecule has 2 N–H and O–H groups in total. The number of rotatable bonds is 4. The summed E-state index contributed by atoms with van der Waals surface area (Å²) in [6.07, 6.45) is -0.196. The van der Waals surface area contributed by atoms with Crippen LogP contribution < -0.4 is 0 Å². The summed E-state index contributed by atoms with van der Waals surface area (Å²) in [6.45, 7) is 0. The lowest BCUT2D eigenvalue weighted by Gasteiger charge is -2.09. The van der Waals surface area contributed by atoms with Gasteiger partial charge >= 0.3 is 11.9 Å². The molecule has 0 aliphatic heterocycles. The first-order valence-electron chi connectivity index (χ1n) is 5.92. The number of aromatic carboxylic acids is 2. The first kappa shape index (κ1) is 14.6. The normalized spacial score (nSPS) is 10.4. The molecule has 0 saturated carbocycles. The Kier molecular flexibility index (Phi) is 3.98. The Labute approximate surface area is 118 Å². The van der Waals surface area contributed by atoms with Gasteiger partial charge in [-0.1, -0.05) is 0 Å². The molecule has 0 spiro atoms. The SMILES string of the molecule is O=C(O)c1ccc(F)cc1Cc1cc(F)ccc1C(=O)O. The molecule has 0 unspecified atom stereocenters. The number of benzene rings is 2. The van der Waals surface area contributed by atoms with Crippen LogP contribution in [-0.4, -0.2) is 22.2 Å². The lowest BCUT2D eigenvalue weighted by atomic mass is 9.96. The van der Waals surface area contributed by atoms with Crippen LogP contribution in [0.15, 0.2) is 36.4 Å². The van der Waals surface area contributed by atoms with E-state index in [1.165, 1.54) is 0 Å². The van der Waals surface area contributed by atoms with Gasteiger partial charge in [-0.3, -0.25) is 0 Å². The van der Waals surface area contributed by atoms with E-state index in [-0.39, 0.29) is 28.7 Å². The number of carboxylic acid groups (broad SMARTS) is 2. The zero-order valence-corrected chi connectivity index (χ0v) is 10.6. The van der Waals surface area contributed by atoms with Gasteiger partial charge in [-0.15, -0.1) is 0 Å². The van der Waals surface area contributed by atoms with Crippen LogP contribution in [0.5, 0.6) is 0 Å². The van der Waals surface area contributed by atoms with Crippen molar-refractivity contribution in [3.05, 3.63) is 70.3 Å². The molecule has 0 radical (unpaired) electrons.